The lowest BCUT2D eigenvalue weighted by Gasteiger charge is -1.97. The van der Waals surface area contributed by atoms with Crippen LogP contribution in [0.5, 0.6) is 0 Å². The largest absolute Gasteiger partial charge is 0.309 e. The highest BCUT2D eigenvalue weighted by atomic mass is 29.2. The van der Waals surface area contributed by atoms with E-state index < -0.39 is 7.59 Å². The highest BCUT2D eigenvalue weighted by molar-refractivity contribution is 7.42. The summed E-state index contributed by atoms with van der Waals surface area (Å²) in [6, 6.07) is 0. The fourth-order valence-electron chi connectivity index (χ4n) is 0.0278. The van der Waals surface area contributed by atoms with E-state index in [9.17, 15) is 9.59 Å². The third-order valence-electron chi connectivity index (χ3n) is 0.490. The predicted octanol–water partition coefficient (Wildman–Crippen LogP) is -0.726. The molecule has 3 radical (unpaired) electrons. The summed E-state index contributed by atoms with van der Waals surface area (Å²) in [4.78, 5) is 19.7. The SMILES string of the molecule is C[Si]([Si])(C=O)C=O. The summed E-state index contributed by atoms with van der Waals surface area (Å²) in [7, 11) is 0.823. The zero-order chi connectivity index (χ0) is 5.91. The second-order valence-corrected chi connectivity index (χ2v) is 7.79. The molecular weight excluding hydrogens is 124 g/mol. The third-order valence-corrected chi connectivity index (χ3v) is 2.18. The average Bonchev–Trinajstić information content (AvgIpc) is 1.68. The van der Waals surface area contributed by atoms with Crippen molar-refractivity contribution >= 4 is 29.2 Å². The Kier molecular flexibility index (Phi) is 2.11. The van der Waals surface area contributed by atoms with Crippen LogP contribution < -0.4 is 0 Å². The van der Waals surface area contributed by atoms with Gasteiger partial charge in [0, 0.05) is 9.76 Å². The number of hydrogen-bond acceptors (Lipinski definition) is 2. The summed E-state index contributed by atoms with van der Waals surface area (Å²) in [5.41, 5.74) is 0. The Balaban J connectivity index is 3.82. The van der Waals surface area contributed by atoms with Gasteiger partial charge in [-0.3, -0.25) is 0 Å². The summed E-state index contributed by atoms with van der Waals surface area (Å²) < 4.78 is 0. The van der Waals surface area contributed by atoms with Gasteiger partial charge in [0.15, 0.2) is 7.59 Å². The molecular formula is C3H5O2Si2. The Bertz CT molecular complexity index is 78.9. The highest BCUT2D eigenvalue weighted by Gasteiger charge is 2.17. The lowest BCUT2D eigenvalue weighted by Crippen LogP contribution is -2.35. The van der Waals surface area contributed by atoms with Crippen LogP contribution in [0.15, 0.2) is 0 Å². The summed E-state index contributed by atoms with van der Waals surface area (Å²) in [5, 5.41) is 0. The molecule has 0 aromatic carbocycles. The Morgan fingerprint density at radius 3 is 1.71 bits per heavy atom. The first-order valence-electron chi connectivity index (χ1n) is 1.80. The van der Waals surface area contributed by atoms with Crippen LogP contribution in [0.1, 0.15) is 0 Å². The van der Waals surface area contributed by atoms with Crippen molar-refractivity contribution in [2.45, 2.75) is 6.55 Å². The topological polar surface area (TPSA) is 34.1 Å². The molecule has 0 heterocycles. The molecule has 0 saturated carbocycles. The van der Waals surface area contributed by atoms with E-state index in [1.54, 1.807) is 6.55 Å². The molecule has 0 aromatic heterocycles. The van der Waals surface area contributed by atoms with E-state index in [4.69, 9.17) is 0 Å². The molecule has 0 amide bonds. The maximum absolute atomic E-state index is 9.84. The van der Waals surface area contributed by atoms with Crippen molar-refractivity contribution in [3.05, 3.63) is 0 Å². The Hall–Kier alpha value is -0.226. The van der Waals surface area contributed by atoms with Crippen LogP contribution in [0.3, 0.4) is 0 Å². The molecule has 7 heavy (non-hydrogen) atoms. The van der Waals surface area contributed by atoms with Gasteiger partial charge in [0.05, 0.1) is 0 Å². The smallest absolute Gasteiger partial charge is 0.179 e. The minimum absolute atomic E-state index is 0.677. The van der Waals surface area contributed by atoms with Gasteiger partial charge in [-0.2, -0.15) is 0 Å². The molecule has 0 saturated heterocycles. The molecule has 0 aliphatic rings. The van der Waals surface area contributed by atoms with E-state index in [0.717, 1.165) is 0 Å². The van der Waals surface area contributed by atoms with E-state index in [2.05, 4.69) is 9.76 Å². The maximum Gasteiger partial charge on any atom is 0.179 e. The van der Waals surface area contributed by atoms with Crippen LogP contribution in [0.4, 0.5) is 0 Å². The van der Waals surface area contributed by atoms with E-state index in [1.807, 2.05) is 0 Å². The molecule has 0 aliphatic carbocycles. The van der Waals surface area contributed by atoms with E-state index in [-0.39, 0.29) is 0 Å². The van der Waals surface area contributed by atoms with Crippen molar-refractivity contribution < 1.29 is 9.59 Å². The van der Waals surface area contributed by atoms with Crippen LogP contribution in [-0.4, -0.2) is 29.2 Å². The molecule has 0 bridgehead atoms. The Morgan fingerprint density at radius 1 is 1.43 bits per heavy atom. The standard InChI is InChI=1S/C3H5O2Si2/c1-7(6,2-4)3-5/h2-3H,1H3. The zero-order valence-electron chi connectivity index (χ0n) is 3.97. The monoisotopic (exact) mass is 129 g/mol. The normalized spacial score (nSPS) is 10.6. The van der Waals surface area contributed by atoms with E-state index >= 15 is 0 Å². The summed E-state index contributed by atoms with van der Waals surface area (Å²) in [6.45, 7) is 1.61. The first-order chi connectivity index (χ1) is 3.12. The van der Waals surface area contributed by atoms with Crippen molar-refractivity contribution in [2.24, 2.45) is 0 Å². The molecule has 37 valence electrons. The lowest BCUT2D eigenvalue weighted by molar-refractivity contribution is 0.562. The minimum atomic E-state index is -2.21. The van der Waals surface area contributed by atoms with Crippen LogP contribution >= 0.6 is 0 Å². The van der Waals surface area contributed by atoms with Crippen molar-refractivity contribution in [2.75, 3.05) is 0 Å². The van der Waals surface area contributed by atoms with Gasteiger partial charge in [-0.05, 0) is 0 Å². The molecule has 0 N–H and O–H groups in total. The number of hydrogen-bond donors (Lipinski definition) is 0. The fourth-order valence-corrected chi connectivity index (χ4v) is 0.0833. The Morgan fingerprint density at radius 2 is 1.71 bits per heavy atom. The number of rotatable bonds is 2. The van der Waals surface area contributed by atoms with Gasteiger partial charge >= 0.3 is 0 Å². The molecule has 0 spiro atoms. The molecule has 0 aliphatic heterocycles. The molecule has 0 unspecified atom stereocenters. The molecule has 2 nitrogen and oxygen atoms in total. The van der Waals surface area contributed by atoms with Crippen molar-refractivity contribution in [3.8, 4) is 0 Å². The van der Waals surface area contributed by atoms with Gasteiger partial charge in [-0.1, -0.05) is 6.55 Å². The third kappa shape index (κ3) is 2.47. The van der Waals surface area contributed by atoms with Gasteiger partial charge in [-0.15, -0.1) is 0 Å². The Labute approximate surface area is 46.1 Å². The summed E-state index contributed by atoms with van der Waals surface area (Å²) >= 11 is 0. The summed E-state index contributed by atoms with van der Waals surface area (Å²) in [6.07, 6.45) is 0. The second-order valence-electron chi connectivity index (χ2n) is 1.52. The van der Waals surface area contributed by atoms with Crippen LogP contribution in [0, 0.1) is 0 Å². The number of carbonyl (C=O) groups is 2. The van der Waals surface area contributed by atoms with Crippen LogP contribution in [0.25, 0.3) is 0 Å². The van der Waals surface area contributed by atoms with Crippen LogP contribution in [-0.2, 0) is 9.59 Å². The van der Waals surface area contributed by atoms with Gasteiger partial charge in [0.25, 0.3) is 0 Å². The summed E-state index contributed by atoms with van der Waals surface area (Å²) in [5.74, 6) is 1.35. The van der Waals surface area contributed by atoms with Crippen molar-refractivity contribution in [3.63, 3.8) is 0 Å². The second kappa shape index (κ2) is 2.18. The van der Waals surface area contributed by atoms with Gasteiger partial charge in [-0.25, -0.2) is 0 Å². The fraction of sp³-hybridized carbons (Fsp3) is 0.333. The molecule has 0 atom stereocenters. The number of carbonyl (C=O) groups excluding carboxylic acids is 2. The predicted molar refractivity (Wildman–Crippen MR) is 30.9 cm³/mol. The van der Waals surface area contributed by atoms with Gasteiger partial charge in [0.1, 0.15) is 11.8 Å². The van der Waals surface area contributed by atoms with E-state index in [1.165, 1.54) is 0 Å². The molecule has 4 heteroatoms. The minimum Gasteiger partial charge on any atom is -0.309 e. The van der Waals surface area contributed by atoms with Gasteiger partial charge < -0.3 is 9.59 Å². The lowest BCUT2D eigenvalue weighted by atomic mass is 11.7. The molecule has 0 fully saturated rings. The van der Waals surface area contributed by atoms with Crippen molar-refractivity contribution in [1.82, 2.24) is 0 Å². The maximum atomic E-state index is 9.84. The average molecular weight is 129 g/mol. The zero-order valence-corrected chi connectivity index (χ0v) is 5.97. The van der Waals surface area contributed by atoms with E-state index in [0.29, 0.717) is 11.8 Å². The first kappa shape index (κ1) is 6.77. The quantitative estimate of drug-likeness (QED) is 0.364. The van der Waals surface area contributed by atoms with Crippen LogP contribution in [0.2, 0.25) is 6.55 Å². The molecule has 0 rings (SSSR count). The highest BCUT2D eigenvalue weighted by Crippen LogP contribution is 1.81. The van der Waals surface area contributed by atoms with Crippen molar-refractivity contribution in [1.29, 1.82) is 0 Å². The first-order valence-corrected chi connectivity index (χ1v) is 5.95. The van der Waals surface area contributed by atoms with Gasteiger partial charge in [0.2, 0.25) is 0 Å². The molecule has 0 aromatic rings.